The van der Waals surface area contributed by atoms with E-state index < -0.39 is 0 Å². The molecule has 1 aliphatic rings. The molecule has 0 aromatic heterocycles. The van der Waals surface area contributed by atoms with E-state index in [9.17, 15) is 4.79 Å². The van der Waals surface area contributed by atoms with Crippen molar-refractivity contribution < 1.29 is 9.53 Å². The van der Waals surface area contributed by atoms with Crippen molar-refractivity contribution in [3.8, 4) is 5.75 Å². The molecule has 0 radical (unpaired) electrons. The zero-order valence-corrected chi connectivity index (χ0v) is 11.8. The quantitative estimate of drug-likeness (QED) is 0.920. The first-order valence-electron chi connectivity index (χ1n) is 5.87. The van der Waals surface area contributed by atoms with E-state index in [2.05, 4.69) is 5.32 Å². The normalized spacial score (nSPS) is 19.6. The fourth-order valence-corrected chi connectivity index (χ4v) is 3.13. The minimum absolute atomic E-state index is 0.0487. The highest BCUT2D eigenvalue weighted by molar-refractivity contribution is 7.99. The van der Waals surface area contributed by atoms with Gasteiger partial charge in [0.05, 0.1) is 13.2 Å². The first kappa shape index (κ1) is 13.7. The molecule has 1 N–H and O–H groups in total. The van der Waals surface area contributed by atoms with Crippen molar-refractivity contribution in [1.82, 2.24) is 5.32 Å². The Morgan fingerprint density at radius 2 is 2.44 bits per heavy atom. The summed E-state index contributed by atoms with van der Waals surface area (Å²) in [6, 6.07) is 5.32. The monoisotopic (exact) mass is 285 g/mol. The van der Waals surface area contributed by atoms with Gasteiger partial charge in [0.15, 0.2) is 5.78 Å². The van der Waals surface area contributed by atoms with Gasteiger partial charge in [0.2, 0.25) is 0 Å². The third-order valence-corrected chi connectivity index (χ3v) is 4.21. The number of nitrogens with one attached hydrogen (secondary N) is 1. The second-order valence-electron chi connectivity index (χ2n) is 4.18. The van der Waals surface area contributed by atoms with Gasteiger partial charge in [-0.25, -0.2) is 0 Å². The van der Waals surface area contributed by atoms with Gasteiger partial charge in [-0.1, -0.05) is 11.6 Å². The molecule has 2 rings (SSSR count). The first-order chi connectivity index (χ1) is 8.70. The molecule has 1 aliphatic heterocycles. The highest BCUT2D eigenvalue weighted by Gasteiger charge is 2.22. The minimum Gasteiger partial charge on any atom is -0.496 e. The molecule has 1 atom stereocenters. The smallest absolute Gasteiger partial charge is 0.155 e. The molecule has 0 amide bonds. The second kappa shape index (κ2) is 6.45. The number of ketones is 1. The summed E-state index contributed by atoms with van der Waals surface area (Å²) in [7, 11) is 1.60. The summed E-state index contributed by atoms with van der Waals surface area (Å²) in [4.78, 5) is 12.2. The predicted octanol–water partition coefficient (Wildman–Crippen LogP) is 2.17. The lowest BCUT2D eigenvalue weighted by molar-refractivity contribution is -0.119. The van der Waals surface area contributed by atoms with Crippen LogP contribution >= 0.6 is 23.4 Å². The fraction of sp³-hybridized carbons (Fsp3) is 0.462. The predicted molar refractivity (Wildman–Crippen MR) is 75.8 cm³/mol. The van der Waals surface area contributed by atoms with E-state index in [1.165, 1.54) is 0 Å². The van der Waals surface area contributed by atoms with Crippen LogP contribution in [-0.4, -0.2) is 37.0 Å². The Kier molecular flexibility index (Phi) is 4.92. The molecule has 3 nitrogen and oxygen atoms in total. The molecule has 1 saturated heterocycles. The number of rotatable bonds is 4. The molecule has 18 heavy (non-hydrogen) atoms. The number of ether oxygens (including phenoxy) is 1. The van der Waals surface area contributed by atoms with Crippen LogP contribution in [0.2, 0.25) is 5.02 Å². The lowest BCUT2D eigenvalue weighted by Crippen LogP contribution is -2.44. The number of benzene rings is 1. The highest BCUT2D eigenvalue weighted by atomic mass is 35.5. The van der Waals surface area contributed by atoms with Gasteiger partial charge in [0.25, 0.3) is 0 Å². The number of Topliss-reactive ketones (excluding diaryl/α,β-unsaturated/α-hetero) is 1. The van der Waals surface area contributed by atoms with E-state index in [0.29, 0.717) is 11.4 Å². The van der Waals surface area contributed by atoms with Crippen molar-refractivity contribution in [2.24, 2.45) is 0 Å². The van der Waals surface area contributed by atoms with E-state index in [1.807, 2.05) is 11.8 Å². The van der Waals surface area contributed by atoms with Gasteiger partial charge >= 0.3 is 0 Å². The van der Waals surface area contributed by atoms with Crippen molar-refractivity contribution >= 4 is 29.1 Å². The SMILES string of the molecule is COc1ccc(Cl)cc1CC(=O)C1CSCCN1. The van der Waals surface area contributed by atoms with E-state index in [-0.39, 0.29) is 11.8 Å². The van der Waals surface area contributed by atoms with Crippen molar-refractivity contribution in [2.75, 3.05) is 25.2 Å². The van der Waals surface area contributed by atoms with Gasteiger partial charge in [-0.15, -0.1) is 0 Å². The molecule has 1 aromatic rings. The molecule has 1 fully saturated rings. The number of thioether (sulfide) groups is 1. The Balaban J connectivity index is 2.07. The Labute approximate surface area is 116 Å². The first-order valence-corrected chi connectivity index (χ1v) is 7.40. The van der Waals surface area contributed by atoms with E-state index >= 15 is 0 Å². The molecule has 0 bridgehead atoms. The van der Waals surface area contributed by atoms with Gasteiger partial charge < -0.3 is 10.1 Å². The van der Waals surface area contributed by atoms with Crippen LogP contribution in [0.3, 0.4) is 0 Å². The summed E-state index contributed by atoms with van der Waals surface area (Å²) < 4.78 is 5.25. The number of carbonyl (C=O) groups is 1. The van der Waals surface area contributed by atoms with E-state index in [4.69, 9.17) is 16.3 Å². The average Bonchev–Trinajstić information content (AvgIpc) is 2.40. The van der Waals surface area contributed by atoms with Crippen molar-refractivity contribution in [3.05, 3.63) is 28.8 Å². The summed E-state index contributed by atoms with van der Waals surface area (Å²) in [5.74, 6) is 2.84. The van der Waals surface area contributed by atoms with Crippen LogP contribution in [-0.2, 0) is 11.2 Å². The third kappa shape index (κ3) is 3.40. The van der Waals surface area contributed by atoms with Crippen LogP contribution in [0.25, 0.3) is 0 Å². The van der Waals surface area contributed by atoms with Gasteiger partial charge in [-0.2, -0.15) is 11.8 Å². The zero-order chi connectivity index (χ0) is 13.0. The van der Waals surface area contributed by atoms with Gasteiger partial charge in [-0.3, -0.25) is 4.79 Å². The average molecular weight is 286 g/mol. The summed E-state index contributed by atoms with van der Waals surface area (Å²) in [6.45, 7) is 0.897. The highest BCUT2D eigenvalue weighted by Crippen LogP contribution is 2.24. The standard InChI is InChI=1S/C13H16ClNO2S/c1-17-13-3-2-10(14)6-9(13)7-12(16)11-8-18-5-4-15-11/h2-3,6,11,15H,4-5,7-8H2,1H3. The number of methoxy groups -OCH3 is 1. The van der Waals surface area contributed by atoms with Gasteiger partial charge in [-0.05, 0) is 18.2 Å². The van der Waals surface area contributed by atoms with Crippen LogP contribution in [0.1, 0.15) is 5.56 Å². The molecular formula is C13H16ClNO2S. The fourth-order valence-electron chi connectivity index (χ4n) is 1.97. The lowest BCUT2D eigenvalue weighted by Gasteiger charge is -2.22. The van der Waals surface area contributed by atoms with Crippen molar-refractivity contribution in [2.45, 2.75) is 12.5 Å². The summed E-state index contributed by atoms with van der Waals surface area (Å²) in [5, 5.41) is 3.88. The van der Waals surface area contributed by atoms with Crippen molar-refractivity contribution in [1.29, 1.82) is 0 Å². The molecule has 1 aromatic carbocycles. The molecule has 5 heteroatoms. The molecule has 0 aliphatic carbocycles. The van der Waals surface area contributed by atoms with Gasteiger partial charge in [0.1, 0.15) is 5.75 Å². The summed E-state index contributed by atoms with van der Waals surface area (Å²) in [6.07, 6.45) is 0.363. The molecule has 1 unspecified atom stereocenters. The number of halogens is 1. The van der Waals surface area contributed by atoms with E-state index in [0.717, 1.165) is 29.4 Å². The van der Waals surface area contributed by atoms with Crippen LogP contribution in [0.4, 0.5) is 0 Å². The molecule has 0 spiro atoms. The third-order valence-electron chi connectivity index (χ3n) is 2.92. The Morgan fingerprint density at radius 1 is 1.61 bits per heavy atom. The summed E-state index contributed by atoms with van der Waals surface area (Å²) >= 11 is 7.77. The summed E-state index contributed by atoms with van der Waals surface area (Å²) in [5.41, 5.74) is 0.854. The Hall–Kier alpha value is -0.710. The second-order valence-corrected chi connectivity index (χ2v) is 5.77. The number of hydrogen-bond donors (Lipinski definition) is 1. The van der Waals surface area contributed by atoms with Crippen LogP contribution in [0, 0.1) is 0 Å². The lowest BCUT2D eigenvalue weighted by atomic mass is 10.0. The van der Waals surface area contributed by atoms with Crippen molar-refractivity contribution in [3.63, 3.8) is 0 Å². The number of hydrogen-bond acceptors (Lipinski definition) is 4. The van der Waals surface area contributed by atoms with E-state index in [1.54, 1.807) is 25.3 Å². The molecule has 0 saturated carbocycles. The molecule has 98 valence electrons. The Morgan fingerprint density at radius 3 is 3.11 bits per heavy atom. The molecular weight excluding hydrogens is 270 g/mol. The van der Waals surface area contributed by atoms with Crippen LogP contribution < -0.4 is 10.1 Å². The number of carbonyl (C=O) groups excluding carboxylic acids is 1. The maximum atomic E-state index is 12.2. The van der Waals surface area contributed by atoms with Crippen LogP contribution in [0.5, 0.6) is 5.75 Å². The Bertz CT molecular complexity index is 433. The van der Waals surface area contributed by atoms with Gasteiger partial charge in [0, 0.05) is 35.1 Å². The molecule has 1 heterocycles. The topological polar surface area (TPSA) is 38.3 Å². The largest absolute Gasteiger partial charge is 0.496 e. The van der Waals surface area contributed by atoms with Crippen LogP contribution in [0.15, 0.2) is 18.2 Å². The maximum absolute atomic E-state index is 12.2. The maximum Gasteiger partial charge on any atom is 0.155 e. The minimum atomic E-state index is -0.0487. The zero-order valence-electron chi connectivity index (χ0n) is 10.2.